The summed E-state index contributed by atoms with van der Waals surface area (Å²) in [4.78, 5) is 12.7. The molecule has 2 atom stereocenters. The fraction of sp³-hybridized carbons (Fsp3) is 0.0556. The topological polar surface area (TPSA) is 29.5 Å². The highest BCUT2D eigenvalue weighted by Gasteiger charge is 2.46. The fourth-order valence-corrected chi connectivity index (χ4v) is 10.8. The SMILES string of the molecule is O[P+](c1ccccc1)(c1ccccc1)c1ccccc1Oc1ccccc1P(c1ccccc1)C1C=CC=CC1. The highest BCUT2D eigenvalue weighted by atomic mass is 31.2. The fourth-order valence-electron chi connectivity index (χ4n) is 5.24. The van der Waals surface area contributed by atoms with Crippen LogP contribution in [0.3, 0.4) is 0 Å². The molecule has 0 fully saturated rings. The summed E-state index contributed by atoms with van der Waals surface area (Å²) in [6.45, 7) is 0. The Balaban J connectivity index is 1.47. The van der Waals surface area contributed by atoms with Crippen molar-refractivity contribution in [2.75, 3.05) is 0 Å². The Morgan fingerprint density at radius 1 is 0.600 bits per heavy atom. The molecule has 0 heterocycles. The second-order valence-electron chi connectivity index (χ2n) is 9.67. The van der Waals surface area contributed by atoms with Crippen LogP contribution in [0, 0.1) is 0 Å². The first-order chi connectivity index (χ1) is 19.7. The summed E-state index contributed by atoms with van der Waals surface area (Å²) in [6, 6.07) is 47.1. The first-order valence-electron chi connectivity index (χ1n) is 13.5. The molecule has 0 spiro atoms. The zero-order chi connectivity index (χ0) is 27.2. The molecule has 0 radical (unpaired) electrons. The van der Waals surface area contributed by atoms with Crippen molar-refractivity contribution in [3.8, 4) is 11.5 Å². The smallest absolute Gasteiger partial charge is 0.242 e. The van der Waals surface area contributed by atoms with Crippen molar-refractivity contribution in [1.82, 2.24) is 0 Å². The van der Waals surface area contributed by atoms with E-state index in [0.29, 0.717) is 11.4 Å². The Labute approximate surface area is 238 Å². The van der Waals surface area contributed by atoms with E-state index in [9.17, 15) is 4.89 Å². The molecule has 1 aliphatic carbocycles. The van der Waals surface area contributed by atoms with Gasteiger partial charge in [0.25, 0.3) is 0 Å². The van der Waals surface area contributed by atoms with Gasteiger partial charge in [-0.1, -0.05) is 121 Å². The summed E-state index contributed by atoms with van der Waals surface area (Å²) >= 11 is 0. The molecular formula is C36H31O2P2+. The molecule has 1 aliphatic rings. The van der Waals surface area contributed by atoms with Crippen LogP contribution >= 0.6 is 15.4 Å². The molecule has 5 aromatic carbocycles. The van der Waals surface area contributed by atoms with Crippen molar-refractivity contribution >= 4 is 41.9 Å². The van der Waals surface area contributed by atoms with Gasteiger partial charge in [0.1, 0.15) is 16.4 Å². The summed E-state index contributed by atoms with van der Waals surface area (Å²) in [6.07, 6.45) is 9.88. The average Bonchev–Trinajstić information content (AvgIpc) is 3.04. The van der Waals surface area contributed by atoms with Gasteiger partial charge in [-0.3, -0.25) is 0 Å². The number of allylic oxidation sites excluding steroid dienone is 4. The highest BCUT2D eigenvalue weighted by molar-refractivity contribution is 7.91. The predicted molar refractivity (Wildman–Crippen MR) is 173 cm³/mol. The summed E-state index contributed by atoms with van der Waals surface area (Å²) < 4.78 is 6.86. The van der Waals surface area contributed by atoms with Crippen molar-refractivity contribution < 1.29 is 9.63 Å². The Bertz CT molecular complexity index is 1580. The van der Waals surface area contributed by atoms with Crippen LogP contribution in [0.25, 0.3) is 0 Å². The summed E-state index contributed by atoms with van der Waals surface area (Å²) in [7, 11) is -3.69. The van der Waals surface area contributed by atoms with E-state index in [1.54, 1.807) is 0 Å². The second kappa shape index (κ2) is 12.2. The number of benzene rings is 5. The molecule has 0 aliphatic heterocycles. The summed E-state index contributed by atoms with van der Waals surface area (Å²) in [5.41, 5.74) is 0.375. The van der Waals surface area contributed by atoms with E-state index >= 15 is 0 Å². The molecule has 0 amide bonds. The van der Waals surface area contributed by atoms with Gasteiger partial charge in [0.2, 0.25) is 7.49 Å². The van der Waals surface area contributed by atoms with Gasteiger partial charge >= 0.3 is 0 Å². The van der Waals surface area contributed by atoms with Gasteiger partial charge in [0, 0.05) is 11.0 Å². The van der Waals surface area contributed by atoms with Crippen LogP contribution in [-0.2, 0) is 0 Å². The van der Waals surface area contributed by atoms with Gasteiger partial charge in [0.05, 0.1) is 0 Å². The highest BCUT2D eigenvalue weighted by Crippen LogP contribution is 2.53. The van der Waals surface area contributed by atoms with Crippen LogP contribution in [-0.4, -0.2) is 10.6 Å². The van der Waals surface area contributed by atoms with Crippen LogP contribution in [0.2, 0.25) is 0 Å². The van der Waals surface area contributed by atoms with E-state index in [4.69, 9.17) is 4.74 Å². The minimum atomic E-state index is -2.96. The van der Waals surface area contributed by atoms with Gasteiger partial charge < -0.3 is 4.74 Å². The maximum absolute atomic E-state index is 12.7. The molecule has 0 saturated carbocycles. The second-order valence-corrected chi connectivity index (χ2v) is 14.9. The molecule has 2 unspecified atom stereocenters. The lowest BCUT2D eigenvalue weighted by molar-refractivity contribution is 0.489. The quantitative estimate of drug-likeness (QED) is 0.208. The Morgan fingerprint density at radius 3 is 1.77 bits per heavy atom. The van der Waals surface area contributed by atoms with Crippen molar-refractivity contribution in [3.05, 3.63) is 164 Å². The number of para-hydroxylation sites is 2. The van der Waals surface area contributed by atoms with Crippen molar-refractivity contribution in [2.45, 2.75) is 12.1 Å². The van der Waals surface area contributed by atoms with Crippen LogP contribution in [0.1, 0.15) is 6.42 Å². The van der Waals surface area contributed by atoms with E-state index in [1.165, 1.54) is 10.6 Å². The largest absolute Gasteiger partial charge is 0.452 e. The number of hydrogen-bond donors (Lipinski definition) is 1. The number of hydrogen-bond acceptors (Lipinski definition) is 2. The molecule has 0 aromatic heterocycles. The molecule has 0 bridgehead atoms. The van der Waals surface area contributed by atoms with E-state index in [-0.39, 0.29) is 0 Å². The molecule has 2 nitrogen and oxygen atoms in total. The zero-order valence-electron chi connectivity index (χ0n) is 22.1. The number of ether oxygens (including phenoxy) is 1. The maximum atomic E-state index is 12.7. The van der Waals surface area contributed by atoms with Gasteiger partial charge in [-0.2, -0.15) is 0 Å². The van der Waals surface area contributed by atoms with Gasteiger partial charge in [-0.05, 0) is 62.1 Å². The van der Waals surface area contributed by atoms with E-state index in [0.717, 1.165) is 28.1 Å². The first-order valence-corrected chi connectivity index (χ1v) is 16.7. The third kappa shape index (κ3) is 5.32. The summed E-state index contributed by atoms with van der Waals surface area (Å²) in [5.74, 6) is 1.51. The van der Waals surface area contributed by atoms with Crippen LogP contribution in [0.5, 0.6) is 11.5 Å². The number of rotatable bonds is 8. The Morgan fingerprint density at radius 2 is 1.15 bits per heavy atom. The molecule has 5 aromatic rings. The lowest BCUT2D eigenvalue weighted by Crippen LogP contribution is -2.31. The monoisotopic (exact) mass is 557 g/mol. The normalized spacial score (nSPS) is 15.5. The third-order valence-electron chi connectivity index (χ3n) is 7.14. The third-order valence-corrected chi connectivity index (χ3v) is 13.1. The predicted octanol–water partition coefficient (Wildman–Crippen LogP) is 7.00. The van der Waals surface area contributed by atoms with Crippen LogP contribution in [0.15, 0.2) is 164 Å². The minimum Gasteiger partial charge on any atom is -0.452 e. The first kappa shape index (κ1) is 26.4. The standard InChI is InChI=1S/C36H31O2P2/c37-40(31-21-9-3-10-22-31,32-23-11-4-12-24-32)36-28-16-14-26-34(36)38-33-25-13-15-27-35(33)39(29-17-5-1-6-18-29)30-19-7-2-8-20-30/h1-19,21-28,30,37H,20H2/q+1. The van der Waals surface area contributed by atoms with E-state index in [1.807, 2.05) is 91.0 Å². The average molecular weight is 558 g/mol. The molecule has 40 heavy (non-hydrogen) atoms. The summed E-state index contributed by atoms with van der Waals surface area (Å²) in [5, 5.41) is 5.13. The minimum absolute atomic E-state index is 0.375. The molecule has 0 saturated heterocycles. The molecule has 6 rings (SSSR count). The van der Waals surface area contributed by atoms with Gasteiger partial charge in [0.15, 0.2) is 11.1 Å². The van der Waals surface area contributed by atoms with Gasteiger partial charge in [-0.15, -0.1) is 0 Å². The maximum Gasteiger partial charge on any atom is 0.242 e. The van der Waals surface area contributed by atoms with Crippen molar-refractivity contribution in [3.63, 3.8) is 0 Å². The molecule has 4 heteroatoms. The lowest BCUT2D eigenvalue weighted by atomic mass is 10.2. The van der Waals surface area contributed by atoms with E-state index in [2.05, 4.69) is 72.8 Å². The lowest BCUT2D eigenvalue weighted by Gasteiger charge is -2.28. The molecule has 1 N–H and O–H groups in total. The van der Waals surface area contributed by atoms with Crippen molar-refractivity contribution in [2.24, 2.45) is 0 Å². The van der Waals surface area contributed by atoms with Crippen LogP contribution < -0.4 is 31.3 Å². The van der Waals surface area contributed by atoms with Crippen LogP contribution in [0.4, 0.5) is 0 Å². The van der Waals surface area contributed by atoms with Gasteiger partial charge in [-0.25, -0.2) is 4.89 Å². The zero-order valence-corrected chi connectivity index (χ0v) is 23.9. The van der Waals surface area contributed by atoms with E-state index < -0.39 is 15.4 Å². The molecular weight excluding hydrogens is 526 g/mol. The Kier molecular flexibility index (Phi) is 8.03. The molecule has 196 valence electrons. The van der Waals surface area contributed by atoms with Crippen molar-refractivity contribution in [1.29, 1.82) is 0 Å². The Hall–Kier alpha value is -3.80.